The summed E-state index contributed by atoms with van der Waals surface area (Å²) >= 11 is 2.89. The second kappa shape index (κ2) is 8.33. The van der Waals surface area contributed by atoms with Crippen molar-refractivity contribution in [3.63, 3.8) is 0 Å². The van der Waals surface area contributed by atoms with Crippen molar-refractivity contribution >= 4 is 29.0 Å². The number of hydrogen-bond acceptors (Lipinski definition) is 5. The highest BCUT2D eigenvalue weighted by molar-refractivity contribution is 7.98. The van der Waals surface area contributed by atoms with Crippen molar-refractivity contribution in [2.75, 3.05) is 6.26 Å². The van der Waals surface area contributed by atoms with E-state index in [0.717, 1.165) is 16.9 Å². The van der Waals surface area contributed by atoms with Crippen molar-refractivity contribution in [1.29, 1.82) is 0 Å². The van der Waals surface area contributed by atoms with Crippen LogP contribution < -0.4 is 4.80 Å². The smallest absolute Gasteiger partial charge is 0.279 e. The Balaban J connectivity index is 1.88. The Kier molecular flexibility index (Phi) is 5.45. The first kappa shape index (κ1) is 18.3. The lowest BCUT2D eigenvalue weighted by Gasteiger charge is -2.09. The van der Waals surface area contributed by atoms with Crippen LogP contribution in [0.2, 0.25) is 0 Å². The zero-order valence-electron chi connectivity index (χ0n) is 15.0. The molecular formula is C21H16N4OS2. The molecule has 2 aromatic carbocycles. The highest BCUT2D eigenvalue weighted by Gasteiger charge is 2.12. The van der Waals surface area contributed by atoms with Crippen molar-refractivity contribution < 1.29 is 4.79 Å². The van der Waals surface area contributed by atoms with Gasteiger partial charge in [-0.15, -0.1) is 11.3 Å². The third-order valence-electron chi connectivity index (χ3n) is 4.05. The second-order valence-corrected chi connectivity index (χ2v) is 7.43. The normalized spacial score (nSPS) is 11.5. The fourth-order valence-corrected chi connectivity index (χ4v) is 3.93. The van der Waals surface area contributed by atoms with E-state index in [9.17, 15) is 4.79 Å². The van der Waals surface area contributed by atoms with E-state index in [1.165, 1.54) is 23.1 Å². The molecule has 0 unspecified atom stereocenters. The van der Waals surface area contributed by atoms with Crippen LogP contribution in [0.15, 0.2) is 88.6 Å². The molecule has 2 heterocycles. The molecule has 2 aromatic heterocycles. The number of benzene rings is 2. The number of thiazole rings is 1. The van der Waals surface area contributed by atoms with Gasteiger partial charge < -0.3 is 0 Å². The van der Waals surface area contributed by atoms with Crippen LogP contribution in [0.4, 0.5) is 0 Å². The molecule has 0 aliphatic heterocycles. The van der Waals surface area contributed by atoms with Crippen LogP contribution in [0.25, 0.3) is 16.9 Å². The highest BCUT2D eigenvalue weighted by atomic mass is 32.2. The molecule has 1 amide bonds. The average Bonchev–Trinajstić information content (AvgIpc) is 3.18. The quantitative estimate of drug-likeness (QED) is 0.372. The van der Waals surface area contributed by atoms with Crippen LogP contribution in [-0.2, 0) is 0 Å². The van der Waals surface area contributed by atoms with Crippen LogP contribution in [0.5, 0.6) is 0 Å². The largest absolute Gasteiger partial charge is 0.282 e. The van der Waals surface area contributed by atoms with Gasteiger partial charge >= 0.3 is 0 Å². The fourth-order valence-electron chi connectivity index (χ4n) is 2.71. The summed E-state index contributed by atoms with van der Waals surface area (Å²) in [4.78, 5) is 26.3. The predicted octanol–water partition coefficient (Wildman–Crippen LogP) is 4.46. The van der Waals surface area contributed by atoms with Crippen LogP contribution in [0.3, 0.4) is 0 Å². The number of carbonyl (C=O) groups is 1. The van der Waals surface area contributed by atoms with Crippen molar-refractivity contribution in [3.8, 4) is 16.9 Å². The summed E-state index contributed by atoms with van der Waals surface area (Å²) in [6.07, 6.45) is 5.44. The van der Waals surface area contributed by atoms with E-state index in [1.54, 1.807) is 24.5 Å². The van der Waals surface area contributed by atoms with Gasteiger partial charge in [0, 0.05) is 10.9 Å². The van der Waals surface area contributed by atoms with Gasteiger partial charge in [-0.25, -0.2) is 9.97 Å². The van der Waals surface area contributed by atoms with Crippen LogP contribution >= 0.6 is 23.1 Å². The van der Waals surface area contributed by atoms with E-state index in [0.29, 0.717) is 15.5 Å². The molecule has 0 atom stereocenters. The summed E-state index contributed by atoms with van der Waals surface area (Å²) in [6.45, 7) is 0. The molecule has 0 N–H and O–H groups in total. The molecule has 0 saturated carbocycles. The van der Waals surface area contributed by atoms with E-state index >= 15 is 0 Å². The molecule has 0 bridgehead atoms. The Morgan fingerprint density at radius 1 is 1.00 bits per heavy atom. The fraction of sp³-hybridized carbons (Fsp3) is 0.0476. The number of nitrogens with zero attached hydrogens (tertiary/aromatic N) is 4. The third-order valence-corrected chi connectivity index (χ3v) is 5.45. The Bertz CT molecular complexity index is 1150. The van der Waals surface area contributed by atoms with Crippen LogP contribution in [0.1, 0.15) is 10.4 Å². The van der Waals surface area contributed by atoms with Crippen LogP contribution in [-0.4, -0.2) is 26.7 Å². The number of rotatable bonds is 4. The molecule has 0 radical (unpaired) electrons. The number of thioether (sulfide) groups is 1. The number of aromatic nitrogens is 3. The lowest BCUT2D eigenvalue weighted by atomic mass is 10.2. The SMILES string of the molecule is CSc1ncc(-n2c(-c3ccccc3)csc2=NC(=O)c2ccccc2)cn1. The molecule has 5 nitrogen and oxygen atoms in total. The van der Waals surface area contributed by atoms with Crippen LogP contribution in [0, 0.1) is 0 Å². The van der Waals surface area contributed by atoms with E-state index in [4.69, 9.17) is 0 Å². The lowest BCUT2D eigenvalue weighted by Crippen LogP contribution is -2.17. The Morgan fingerprint density at radius 2 is 1.64 bits per heavy atom. The summed E-state index contributed by atoms with van der Waals surface area (Å²) in [6, 6.07) is 19.0. The molecule has 0 aliphatic rings. The van der Waals surface area contributed by atoms with Gasteiger partial charge in [0.2, 0.25) is 0 Å². The summed E-state index contributed by atoms with van der Waals surface area (Å²) < 4.78 is 1.92. The molecule has 28 heavy (non-hydrogen) atoms. The van der Waals surface area contributed by atoms with Gasteiger partial charge in [-0.05, 0) is 24.0 Å². The molecule has 4 aromatic rings. The van der Waals surface area contributed by atoms with E-state index in [-0.39, 0.29) is 5.91 Å². The molecule has 0 spiro atoms. The minimum absolute atomic E-state index is 0.280. The first-order valence-corrected chi connectivity index (χ1v) is 10.6. The third kappa shape index (κ3) is 3.81. The first-order chi connectivity index (χ1) is 13.8. The summed E-state index contributed by atoms with van der Waals surface area (Å²) in [5.74, 6) is -0.280. The maximum absolute atomic E-state index is 12.6. The molecule has 4 rings (SSSR count). The molecule has 138 valence electrons. The number of hydrogen-bond donors (Lipinski definition) is 0. The standard InChI is InChI=1S/C21H16N4OS2/c1-27-20-22-12-17(13-23-20)25-18(15-8-4-2-5-9-15)14-28-21(25)24-19(26)16-10-6-3-7-11-16/h2-14H,1H3. The topological polar surface area (TPSA) is 60.1 Å². The van der Waals surface area contributed by atoms with Gasteiger partial charge in [0.15, 0.2) is 9.96 Å². The summed E-state index contributed by atoms with van der Waals surface area (Å²) in [5, 5.41) is 2.69. The lowest BCUT2D eigenvalue weighted by molar-refractivity contribution is 0.0998. The number of carbonyl (C=O) groups excluding carboxylic acids is 1. The zero-order chi connectivity index (χ0) is 19.3. The Hall–Kier alpha value is -3.03. The predicted molar refractivity (Wildman–Crippen MR) is 113 cm³/mol. The zero-order valence-corrected chi connectivity index (χ0v) is 16.7. The van der Waals surface area contributed by atoms with Gasteiger partial charge in [0.1, 0.15) is 0 Å². The van der Waals surface area contributed by atoms with Gasteiger partial charge in [-0.2, -0.15) is 4.99 Å². The summed E-state index contributed by atoms with van der Waals surface area (Å²) in [5.41, 5.74) is 3.28. The first-order valence-electron chi connectivity index (χ1n) is 8.53. The van der Waals surface area contributed by atoms with E-state index in [1.807, 2.05) is 64.7 Å². The minimum atomic E-state index is -0.280. The molecule has 0 aliphatic carbocycles. The molecule has 7 heteroatoms. The minimum Gasteiger partial charge on any atom is -0.282 e. The Morgan fingerprint density at radius 3 is 2.29 bits per heavy atom. The summed E-state index contributed by atoms with van der Waals surface area (Å²) in [7, 11) is 0. The monoisotopic (exact) mass is 404 g/mol. The van der Waals surface area contributed by atoms with Gasteiger partial charge in [-0.3, -0.25) is 9.36 Å². The Labute approximate surface area is 170 Å². The van der Waals surface area contributed by atoms with Crippen molar-refractivity contribution in [3.05, 3.63) is 88.8 Å². The van der Waals surface area contributed by atoms with Gasteiger partial charge in [-0.1, -0.05) is 60.3 Å². The van der Waals surface area contributed by atoms with Crippen molar-refractivity contribution in [2.24, 2.45) is 4.99 Å². The van der Waals surface area contributed by atoms with E-state index in [2.05, 4.69) is 15.0 Å². The molecule has 0 saturated heterocycles. The maximum atomic E-state index is 12.6. The molecule has 0 fully saturated rings. The van der Waals surface area contributed by atoms with Crippen molar-refractivity contribution in [2.45, 2.75) is 5.16 Å². The second-order valence-electron chi connectivity index (χ2n) is 5.82. The number of amides is 1. The maximum Gasteiger partial charge on any atom is 0.279 e. The van der Waals surface area contributed by atoms with Gasteiger partial charge in [0.25, 0.3) is 5.91 Å². The highest BCUT2D eigenvalue weighted by Crippen LogP contribution is 2.23. The molecular weight excluding hydrogens is 388 g/mol. The average molecular weight is 405 g/mol. The van der Waals surface area contributed by atoms with E-state index < -0.39 is 0 Å². The van der Waals surface area contributed by atoms with Crippen molar-refractivity contribution in [1.82, 2.24) is 14.5 Å². The van der Waals surface area contributed by atoms with Gasteiger partial charge in [0.05, 0.1) is 23.8 Å².